The molecule has 0 aliphatic carbocycles. The summed E-state index contributed by atoms with van der Waals surface area (Å²) in [5, 5.41) is 0.193. The van der Waals surface area contributed by atoms with Gasteiger partial charge < -0.3 is 15.6 Å². The van der Waals surface area contributed by atoms with E-state index in [1.807, 2.05) is 0 Å². The molecule has 3 heterocycles. The lowest BCUT2D eigenvalue weighted by molar-refractivity contribution is -0.119. The number of imidazole rings is 1. The molecule has 106 valence electrons. The molecular formula is C12H15ClN6O. The van der Waals surface area contributed by atoms with Crippen LogP contribution >= 0.6 is 11.6 Å². The number of primary amides is 1. The summed E-state index contributed by atoms with van der Waals surface area (Å²) in [5.74, 6) is 0.901. The molecule has 0 aromatic carbocycles. The average Bonchev–Trinajstić information content (AvgIpc) is 2.86. The number of aromatic amines is 1. The molecule has 0 bridgehead atoms. The van der Waals surface area contributed by atoms with Gasteiger partial charge in [-0.25, -0.2) is 4.98 Å². The van der Waals surface area contributed by atoms with Crippen molar-refractivity contribution >= 4 is 34.5 Å². The summed E-state index contributed by atoms with van der Waals surface area (Å²) in [6.45, 7) is 1.64. The van der Waals surface area contributed by atoms with Gasteiger partial charge in [-0.3, -0.25) is 4.79 Å². The quantitative estimate of drug-likeness (QED) is 0.826. The highest BCUT2D eigenvalue weighted by Crippen LogP contribution is 2.28. The number of fused-ring (bicyclic) bond motifs is 1. The summed E-state index contributed by atoms with van der Waals surface area (Å²) < 4.78 is 0. The Balaban J connectivity index is 1.79. The number of nitrogens with two attached hydrogens (primary N) is 1. The Labute approximate surface area is 120 Å². The van der Waals surface area contributed by atoms with Gasteiger partial charge in [0.15, 0.2) is 11.5 Å². The number of anilines is 1. The first-order valence-corrected chi connectivity index (χ1v) is 6.91. The lowest BCUT2D eigenvalue weighted by atomic mass is 9.93. The normalized spacial score (nSPS) is 16.8. The number of amides is 1. The lowest BCUT2D eigenvalue weighted by Crippen LogP contribution is -2.35. The molecule has 8 heteroatoms. The minimum Gasteiger partial charge on any atom is -0.370 e. The second kappa shape index (κ2) is 5.24. The summed E-state index contributed by atoms with van der Waals surface area (Å²) in [6.07, 6.45) is 3.87. The van der Waals surface area contributed by atoms with Crippen molar-refractivity contribution in [3.63, 3.8) is 0 Å². The average molecular weight is 295 g/mol. The van der Waals surface area contributed by atoms with Crippen LogP contribution in [-0.4, -0.2) is 38.9 Å². The van der Waals surface area contributed by atoms with Crippen LogP contribution in [0.15, 0.2) is 6.33 Å². The molecule has 0 atom stereocenters. The molecule has 1 aliphatic rings. The highest BCUT2D eigenvalue weighted by atomic mass is 35.5. The van der Waals surface area contributed by atoms with E-state index in [9.17, 15) is 4.79 Å². The van der Waals surface area contributed by atoms with E-state index in [2.05, 4.69) is 24.8 Å². The zero-order valence-electron chi connectivity index (χ0n) is 10.8. The maximum Gasteiger partial charge on any atom is 0.226 e. The summed E-state index contributed by atoms with van der Waals surface area (Å²) >= 11 is 5.93. The largest absolute Gasteiger partial charge is 0.370 e. The standard InChI is InChI=1S/C12H15ClN6O/c13-12-17-10-9(15-6-16-10)11(18-12)19-3-1-7(2-4-19)5-8(14)20/h6-7H,1-5H2,(H2,14,20)(H,15,16,17,18). The van der Waals surface area contributed by atoms with Crippen LogP contribution in [-0.2, 0) is 4.79 Å². The third kappa shape index (κ3) is 2.53. The first-order valence-electron chi connectivity index (χ1n) is 6.53. The minimum absolute atomic E-state index is 0.193. The van der Waals surface area contributed by atoms with Gasteiger partial charge in [-0.15, -0.1) is 0 Å². The maximum atomic E-state index is 11.0. The van der Waals surface area contributed by atoms with Gasteiger partial charge in [0.1, 0.15) is 5.52 Å². The molecule has 1 saturated heterocycles. The van der Waals surface area contributed by atoms with Gasteiger partial charge in [0.2, 0.25) is 11.2 Å². The molecular weight excluding hydrogens is 280 g/mol. The molecule has 1 fully saturated rings. The third-order valence-corrected chi connectivity index (χ3v) is 3.81. The zero-order chi connectivity index (χ0) is 14.1. The molecule has 7 nitrogen and oxygen atoms in total. The molecule has 20 heavy (non-hydrogen) atoms. The molecule has 3 N–H and O–H groups in total. The van der Waals surface area contributed by atoms with E-state index in [0.29, 0.717) is 18.0 Å². The van der Waals surface area contributed by atoms with Gasteiger partial charge in [-0.2, -0.15) is 9.97 Å². The second-order valence-corrected chi connectivity index (χ2v) is 5.36. The summed E-state index contributed by atoms with van der Waals surface area (Å²) in [7, 11) is 0. The molecule has 2 aromatic heterocycles. The highest BCUT2D eigenvalue weighted by molar-refractivity contribution is 6.28. The number of hydrogen-bond acceptors (Lipinski definition) is 5. The number of carbonyl (C=O) groups excluding carboxylic acids is 1. The van der Waals surface area contributed by atoms with Gasteiger partial charge in [-0.1, -0.05) is 0 Å². The van der Waals surface area contributed by atoms with E-state index < -0.39 is 0 Å². The van der Waals surface area contributed by atoms with E-state index in [1.54, 1.807) is 6.33 Å². The number of nitrogens with one attached hydrogen (secondary N) is 1. The summed E-state index contributed by atoms with van der Waals surface area (Å²) in [6, 6.07) is 0. The van der Waals surface area contributed by atoms with Crippen molar-refractivity contribution in [2.45, 2.75) is 19.3 Å². The Bertz CT molecular complexity index is 634. The van der Waals surface area contributed by atoms with Gasteiger partial charge >= 0.3 is 0 Å². The number of piperidine rings is 1. The molecule has 1 amide bonds. The molecule has 0 spiro atoms. The van der Waals surface area contributed by atoms with Crippen molar-refractivity contribution in [3.8, 4) is 0 Å². The van der Waals surface area contributed by atoms with Crippen LogP contribution in [0.3, 0.4) is 0 Å². The van der Waals surface area contributed by atoms with E-state index in [0.717, 1.165) is 37.3 Å². The first-order chi connectivity index (χ1) is 9.63. The van der Waals surface area contributed by atoms with Crippen LogP contribution in [0.4, 0.5) is 5.82 Å². The zero-order valence-corrected chi connectivity index (χ0v) is 11.6. The van der Waals surface area contributed by atoms with Crippen molar-refractivity contribution in [2.75, 3.05) is 18.0 Å². The Hall–Kier alpha value is -1.89. The SMILES string of the molecule is NC(=O)CC1CCN(c2nc(Cl)nc3nc[nH]c23)CC1. The van der Waals surface area contributed by atoms with E-state index in [1.165, 1.54) is 0 Å². The number of nitrogens with zero attached hydrogens (tertiary/aromatic N) is 4. The first kappa shape index (κ1) is 13.1. The molecule has 1 aliphatic heterocycles. The number of carbonyl (C=O) groups is 1. The number of H-pyrrole nitrogens is 1. The van der Waals surface area contributed by atoms with E-state index >= 15 is 0 Å². The van der Waals surface area contributed by atoms with Gasteiger partial charge in [0.25, 0.3) is 0 Å². The number of hydrogen-bond donors (Lipinski definition) is 2. The number of aromatic nitrogens is 4. The van der Waals surface area contributed by atoms with Crippen LogP contribution in [0.5, 0.6) is 0 Å². The molecule has 2 aromatic rings. The van der Waals surface area contributed by atoms with Crippen LogP contribution in [0.1, 0.15) is 19.3 Å². The number of rotatable bonds is 3. The van der Waals surface area contributed by atoms with Gasteiger partial charge in [-0.05, 0) is 30.4 Å². The third-order valence-electron chi connectivity index (χ3n) is 3.64. The van der Waals surface area contributed by atoms with E-state index in [-0.39, 0.29) is 11.2 Å². The van der Waals surface area contributed by atoms with Crippen LogP contribution in [0.2, 0.25) is 5.28 Å². The van der Waals surface area contributed by atoms with Gasteiger partial charge in [0, 0.05) is 19.5 Å². The summed E-state index contributed by atoms with van der Waals surface area (Å²) in [4.78, 5) is 28.6. The summed E-state index contributed by atoms with van der Waals surface area (Å²) in [5.41, 5.74) is 6.61. The van der Waals surface area contributed by atoms with Gasteiger partial charge in [0.05, 0.1) is 6.33 Å². The van der Waals surface area contributed by atoms with Crippen molar-refractivity contribution in [1.82, 2.24) is 19.9 Å². The second-order valence-electron chi connectivity index (χ2n) is 5.02. The Morgan fingerprint density at radius 2 is 2.20 bits per heavy atom. The minimum atomic E-state index is -0.232. The Kier molecular flexibility index (Phi) is 3.43. The van der Waals surface area contributed by atoms with Crippen LogP contribution in [0.25, 0.3) is 11.2 Å². The monoisotopic (exact) mass is 294 g/mol. The van der Waals surface area contributed by atoms with Crippen molar-refractivity contribution in [2.24, 2.45) is 11.7 Å². The maximum absolute atomic E-state index is 11.0. The highest BCUT2D eigenvalue weighted by Gasteiger charge is 2.23. The molecule has 3 rings (SSSR count). The smallest absolute Gasteiger partial charge is 0.226 e. The molecule has 0 saturated carbocycles. The van der Waals surface area contributed by atoms with Crippen LogP contribution < -0.4 is 10.6 Å². The lowest BCUT2D eigenvalue weighted by Gasteiger charge is -2.32. The Morgan fingerprint density at radius 1 is 1.45 bits per heavy atom. The van der Waals surface area contributed by atoms with Crippen molar-refractivity contribution < 1.29 is 4.79 Å². The fourth-order valence-corrected chi connectivity index (χ4v) is 2.81. The van der Waals surface area contributed by atoms with Crippen LogP contribution in [0, 0.1) is 5.92 Å². The van der Waals surface area contributed by atoms with Crippen molar-refractivity contribution in [3.05, 3.63) is 11.6 Å². The Morgan fingerprint density at radius 3 is 2.90 bits per heavy atom. The topological polar surface area (TPSA) is 101 Å². The van der Waals surface area contributed by atoms with Crippen molar-refractivity contribution in [1.29, 1.82) is 0 Å². The van der Waals surface area contributed by atoms with E-state index in [4.69, 9.17) is 17.3 Å². The fourth-order valence-electron chi connectivity index (χ4n) is 2.65. The molecule has 0 unspecified atom stereocenters. The fraction of sp³-hybridized carbons (Fsp3) is 0.500. The number of halogens is 1. The predicted octanol–water partition coefficient (Wildman–Crippen LogP) is 1.10. The molecule has 0 radical (unpaired) electrons. The predicted molar refractivity (Wildman–Crippen MR) is 75.4 cm³/mol.